The molecule has 1 N–H and O–H groups in total. The molecule has 0 spiro atoms. The molecule has 0 aliphatic carbocycles. The molecule has 0 aromatic carbocycles. The van der Waals surface area contributed by atoms with E-state index in [0.717, 1.165) is 36.7 Å². The number of rotatable bonds is 5. The van der Waals surface area contributed by atoms with Crippen LogP contribution in [-0.4, -0.2) is 29.5 Å². The summed E-state index contributed by atoms with van der Waals surface area (Å²) in [6.07, 6.45) is 4.18. The fourth-order valence-electron chi connectivity index (χ4n) is 2.95. The van der Waals surface area contributed by atoms with Crippen LogP contribution in [0.5, 0.6) is 0 Å². The van der Waals surface area contributed by atoms with Crippen molar-refractivity contribution in [3.8, 4) is 0 Å². The molecule has 1 aliphatic heterocycles. The van der Waals surface area contributed by atoms with E-state index in [9.17, 15) is 0 Å². The minimum Gasteiger partial charge on any atom is -0.378 e. The lowest BCUT2D eigenvalue weighted by molar-refractivity contribution is 0.0773. The Balaban J connectivity index is 2.29. The number of nitrogens with zero attached hydrogens (tertiary/aromatic N) is 2. The van der Waals surface area contributed by atoms with Gasteiger partial charge in [-0.25, -0.2) is 0 Å². The quantitative estimate of drug-likeness (QED) is 0.895. The zero-order valence-electron chi connectivity index (χ0n) is 11.3. The maximum atomic E-state index is 6.30. The molecular weight excluding hydrogens is 250 g/mol. The van der Waals surface area contributed by atoms with E-state index in [1.54, 1.807) is 6.20 Å². The van der Waals surface area contributed by atoms with Gasteiger partial charge in [0.05, 0.1) is 29.1 Å². The average molecular weight is 272 g/mol. The van der Waals surface area contributed by atoms with Crippen molar-refractivity contribution in [2.45, 2.75) is 45.4 Å². The van der Waals surface area contributed by atoms with Crippen molar-refractivity contribution >= 4 is 11.6 Å². The largest absolute Gasteiger partial charge is 0.378 e. The van der Waals surface area contributed by atoms with Gasteiger partial charge in [-0.1, -0.05) is 18.5 Å². The molecule has 4 nitrogen and oxygen atoms in total. The molecular formula is C13H22ClN3O. The highest BCUT2D eigenvalue weighted by Gasteiger charge is 2.36. The predicted molar refractivity (Wildman–Crippen MR) is 72.8 cm³/mol. The third kappa shape index (κ3) is 2.42. The van der Waals surface area contributed by atoms with Crippen LogP contribution in [0.4, 0.5) is 0 Å². The van der Waals surface area contributed by atoms with Crippen LogP contribution in [-0.2, 0) is 11.3 Å². The van der Waals surface area contributed by atoms with E-state index in [1.807, 2.05) is 11.7 Å². The van der Waals surface area contributed by atoms with Gasteiger partial charge in [0.15, 0.2) is 0 Å². The Morgan fingerprint density at radius 2 is 2.39 bits per heavy atom. The number of hydrogen-bond acceptors (Lipinski definition) is 3. The summed E-state index contributed by atoms with van der Waals surface area (Å²) in [6.45, 7) is 5.94. The number of halogens is 1. The summed E-state index contributed by atoms with van der Waals surface area (Å²) in [5.74, 6) is 0.472. The standard InChI is InChI=1S/C13H22ClN3O/c1-4-11-9(6-7-18-11)12(15-3)13-10(14)8-16-17(13)5-2/h8-9,11-12,15H,4-7H2,1-3H3. The van der Waals surface area contributed by atoms with E-state index in [2.05, 4.69) is 24.3 Å². The summed E-state index contributed by atoms with van der Waals surface area (Å²) in [4.78, 5) is 0. The Kier molecular flexibility index (Phi) is 4.65. The molecule has 0 saturated carbocycles. The second-order valence-corrected chi connectivity index (χ2v) is 5.14. The van der Waals surface area contributed by atoms with Crippen molar-refractivity contribution in [2.75, 3.05) is 13.7 Å². The summed E-state index contributed by atoms with van der Waals surface area (Å²) in [7, 11) is 1.99. The second kappa shape index (κ2) is 6.04. The molecule has 0 bridgehead atoms. The van der Waals surface area contributed by atoms with Gasteiger partial charge in [0.1, 0.15) is 0 Å². The summed E-state index contributed by atoms with van der Waals surface area (Å²) >= 11 is 6.30. The first kappa shape index (κ1) is 13.8. The van der Waals surface area contributed by atoms with Gasteiger partial charge in [-0.15, -0.1) is 0 Å². The molecule has 0 radical (unpaired) electrons. The van der Waals surface area contributed by atoms with Gasteiger partial charge in [0, 0.05) is 19.1 Å². The smallest absolute Gasteiger partial charge is 0.0834 e. The molecule has 1 saturated heterocycles. The normalized spacial score (nSPS) is 25.6. The van der Waals surface area contributed by atoms with Crippen LogP contribution in [0, 0.1) is 5.92 Å². The maximum absolute atomic E-state index is 6.30. The lowest BCUT2D eigenvalue weighted by Crippen LogP contribution is -2.32. The van der Waals surface area contributed by atoms with E-state index < -0.39 is 0 Å². The van der Waals surface area contributed by atoms with E-state index in [1.165, 1.54) is 0 Å². The highest BCUT2D eigenvalue weighted by Crippen LogP contribution is 2.37. The number of ether oxygens (including phenoxy) is 1. The molecule has 2 heterocycles. The van der Waals surface area contributed by atoms with Gasteiger partial charge in [0.2, 0.25) is 0 Å². The monoisotopic (exact) mass is 271 g/mol. The summed E-state index contributed by atoms with van der Waals surface area (Å²) in [5.41, 5.74) is 1.09. The van der Waals surface area contributed by atoms with Crippen molar-refractivity contribution in [1.29, 1.82) is 0 Å². The van der Waals surface area contributed by atoms with Gasteiger partial charge >= 0.3 is 0 Å². The Labute approximate surface area is 114 Å². The Hall–Kier alpha value is -0.580. The van der Waals surface area contributed by atoms with Gasteiger partial charge in [-0.3, -0.25) is 4.68 Å². The third-order valence-electron chi connectivity index (χ3n) is 3.83. The maximum Gasteiger partial charge on any atom is 0.0834 e. The van der Waals surface area contributed by atoms with Crippen molar-refractivity contribution < 1.29 is 4.74 Å². The zero-order chi connectivity index (χ0) is 13.1. The average Bonchev–Trinajstić information content (AvgIpc) is 2.98. The van der Waals surface area contributed by atoms with Crippen LogP contribution in [0.25, 0.3) is 0 Å². The molecule has 3 atom stereocenters. The molecule has 2 rings (SSSR count). The zero-order valence-corrected chi connectivity index (χ0v) is 12.1. The van der Waals surface area contributed by atoms with Crippen molar-refractivity contribution in [3.05, 3.63) is 16.9 Å². The van der Waals surface area contributed by atoms with Crippen molar-refractivity contribution in [1.82, 2.24) is 15.1 Å². The molecule has 1 aromatic rings. The Morgan fingerprint density at radius 1 is 1.61 bits per heavy atom. The van der Waals surface area contributed by atoms with Gasteiger partial charge in [-0.2, -0.15) is 5.10 Å². The highest BCUT2D eigenvalue weighted by molar-refractivity contribution is 6.31. The van der Waals surface area contributed by atoms with Crippen molar-refractivity contribution in [3.63, 3.8) is 0 Å². The van der Waals surface area contributed by atoms with Gasteiger partial charge in [-0.05, 0) is 26.8 Å². The van der Waals surface area contributed by atoms with Crippen LogP contribution < -0.4 is 5.32 Å². The first-order valence-corrected chi connectivity index (χ1v) is 7.10. The number of aromatic nitrogens is 2. The molecule has 102 valence electrons. The van der Waals surface area contributed by atoms with Gasteiger partial charge < -0.3 is 10.1 Å². The first-order valence-electron chi connectivity index (χ1n) is 6.72. The Morgan fingerprint density at radius 3 is 3.00 bits per heavy atom. The summed E-state index contributed by atoms with van der Waals surface area (Å²) in [6, 6.07) is 0.215. The molecule has 1 aliphatic rings. The third-order valence-corrected chi connectivity index (χ3v) is 4.12. The topological polar surface area (TPSA) is 39.1 Å². The van der Waals surface area contributed by atoms with Crippen LogP contribution in [0.3, 0.4) is 0 Å². The summed E-state index contributed by atoms with van der Waals surface area (Å²) in [5, 5.41) is 8.48. The number of hydrogen-bond donors (Lipinski definition) is 1. The summed E-state index contributed by atoms with van der Waals surface area (Å²) < 4.78 is 7.78. The van der Waals surface area contributed by atoms with Gasteiger partial charge in [0.25, 0.3) is 0 Å². The van der Waals surface area contributed by atoms with E-state index in [4.69, 9.17) is 16.3 Å². The first-order chi connectivity index (χ1) is 8.72. The molecule has 5 heteroatoms. The fourth-order valence-corrected chi connectivity index (χ4v) is 3.21. The molecule has 1 aromatic heterocycles. The van der Waals surface area contributed by atoms with Crippen LogP contribution in [0.15, 0.2) is 6.20 Å². The Bertz CT molecular complexity index is 394. The minimum atomic E-state index is 0.215. The number of nitrogens with one attached hydrogen (secondary N) is 1. The van der Waals surface area contributed by atoms with E-state index in [0.29, 0.717) is 12.0 Å². The highest BCUT2D eigenvalue weighted by atomic mass is 35.5. The van der Waals surface area contributed by atoms with Crippen LogP contribution >= 0.6 is 11.6 Å². The number of aryl methyl sites for hydroxylation is 1. The molecule has 3 unspecified atom stereocenters. The fraction of sp³-hybridized carbons (Fsp3) is 0.769. The van der Waals surface area contributed by atoms with Crippen LogP contribution in [0.2, 0.25) is 5.02 Å². The lowest BCUT2D eigenvalue weighted by atomic mass is 9.89. The molecule has 0 amide bonds. The minimum absolute atomic E-state index is 0.215. The van der Waals surface area contributed by atoms with Crippen LogP contribution in [0.1, 0.15) is 38.4 Å². The van der Waals surface area contributed by atoms with Crippen molar-refractivity contribution in [2.24, 2.45) is 5.92 Å². The molecule has 18 heavy (non-hydrogen) atoms. The predicted octanol–water partition coefficient (Wildman–Crippen LogP) is 2.63. The van der Waals surface area contributed by atoms with E-state index >= 15 is 0 Å². The molecule has 1 fully saturated rings. The second-order valence-electron chi connectivity index (χ2n) is 4.73. The SMILES string of the molecule is CCC1OCCC1C(NC)c1c(Cl)cnn1CC. The van der Waals surface area contributed by atoms with E-state index in [-0.39, 0.29) is 6.04 Å². The lowest BCUT2D eigenvalue weighted by Gasteiger charge is -2.27.